The van der Waals surface area contributed by atoms with Crippen LogP contribution in [0.2, 0.25) is 0 Å². The van der Waals surface area contributed by atoms with E-state index in [9.17, 15) is 0 Å². The van der Waals surface area contributed by atoms with Gasteiger partial charge in [0.1, 0.15) is 0 Å². The Morgan fingerprint density at radius 3 is 1.50 bits per heavy atom. The molecule has 0 amide bonds. The highest BCUT2D eigenvalue weighted by molar-refractivity contribution is 7.22. The first kappa shape index (κ1) is 9.09. The van der Waals surface area contributed by atoms with E-state index in [-0.39, 0.29) is 0 Å². The Balaban J connectivity index is 2.41. The number of hydrogen-bond donors (Lipinski definition) is 0. The van der Waals surface area contributed by atoms with Crippen molar-refractivity contribution in [3.8, 4) is 21.6 Å². The van der Waals surface area contributed by atoms with Crippen LogP contribution in [0, 0.1) is 24.7 Å². The van der Waals surface area contributed by atoms with E-state index in [1.54, 1.807) is 0 Å². The van der Waals surface area contributed by atoms with Gasteiger partial charge in [-0.05, 0) is 0 Å². The van der Waals surface area contributed by atoms with Crippen LogP contribution >= 0.6 is 22.7 Å². The molecule has 0 spiro atoms. The van der Waals surface area contributed by atoms with Crippen molar-refractivity contribution in [1.82, 2.24) is 0 Å². The highest BCUT2D eigenvalue weighted by Crippen LogP contribution is 2.32. The van der Waals surface area contributed by atoms with Crippen molar-refractivity contribution >= 4 is 22.7 Å². The summed E-state index contributed by atoms with van der Waals surface area (Å²) in [4.78, 5) is 3.89. The van der Waals surface area contributed by atoms with Crippen LogP contribution in [0.5, 0.6) is 0 Å². The topological polar surface area (TPSA) is 0 Å². The molecule has 0 saturated carbocycles. The van der Waals surface area contributed by atoms with Gasteiger partial charge in [-0.15, -0.1) is 12.1 Å². The van der Waals surface area contributed by atoms with Crippen LogP contribution in [-0.4, -0.2) is 0 Å². The minimum atomic E-state index is 0.828. The van der Waals surface area contributed by atoms with E-state index in [1.807, 2.05) is 24.3 Å². The Bertz CT molecular complexity index is 479. The van der Waals surface area contributed by atoms with Gasteiger partial charge in [0.2, 0.25) is 0 Å². The molecule has 0 bridgehead atoms. The lowest BCUT2D eigenvalue weighted by atomic mass is 10.3. The molecule has 2 rings (SSSR count). The van der Waals surface area contributed by atoms with Gasteiger partial charge >= 0.3 is 0 Å². The maximum atomic E-state index is 6.98. The molecule has 0 N–H and O–H groups in total. The lowest BCUT2D eigenvalue weighted by Crippen LogP contribution is -1.56. The summed E-state index contributed by atoms with van der Waals surface area (Å²) in [7, 11) is 0. The van der Waals surface area contributed by atoms with Crippen LogP contribution in [-0.2, 0) is 0 Å². The number of hydrogen-bond acceptors (Lipinski definition) is 2. The van der Waals surface area contributed by atoms with Crippen molar-refractivity contribution in [2.24, 2.45) is 0 Å². The minimum absolute atomic E-state index is 0.828. The predicted octanol–water partition coefficient (Wildman–Crippen LogP) is 3.35. The van der Waals surface area contributed by atoms with Crippen LogP contribution in [0.25, 0.3) is 9.75 Å². The zero-order valence-corrected chi connectivity index (χ0v) is 8.76. The van der Waals surface area contributed by atoms with Crippen LogP contribution < -0.4 is 0 Å². The molecule has 14 heavy (non-hydrogen) atoms. The van der Waals surface area contributed by atoms with E-state index < -0.39 is 0 Å². The summed E-state index contributed by atoms with van der Waals surface area (Å²) in [6.07, 6.45) is 14.0. The zero-order chi connectivity index (χ0) is 9.97. The summed E-state index contributed by atoms with van der Waals surface area (Å²) >= 11 is 3.07. The fourth-order valence-electron chi connectivity index (χ4n) is 1.07. The van der Waals surface area contributed by atoms with Crippen molar-refractivity contribution in [2.75, 3.05) is 0 Å². The molecule has 66 valence electrons. The Hall–Kier alpha value is -1.48. The van der Waals surface area contributed by atoms with Crippen LogP contribution in [0.15, 0.2) is 24.3 Å². The Labute approximate surface area is 91.2 Å². The molecule has 0 fully saturated rings. The summed E-state index contributed by atoms with van der Waals surface area (Å²) in [6.45, 7) is 0. The SMILES string of the molecule is [C-]#Cc1ccc(-c2ccc(C#[C-])s2)s1. The van der Waals surface area contributed by atoms with Gasteiger partial charge in [-0.2, -0.15) is 0 Å². The molecule has 0 saturated heterocycles. The molecular formula is C12H4S2-2. The summed E-state index contributed by atoms with van der Waals surface area (Å²) in [6, 6.07) is 7.70. The molecule has 2 aromatic heterocycles. The molecule has 0 aliphatic rings. The first-order chi connectivity index (χ1) is 6.83. The van der Waals surface area contributed by atoms with E-state index in [2.05, 4.69) is 11.8 Å². The van der Waals surface area contributed by atoms with Gasteiger partial charge in [0, 0.05) is 9.75 Å². The fourth-order valence-corrected chi connectivity index (χ4v) is 2.78. The first-order valence-electron chi connectivity index (χ1n) is 3.89. The Morgan fingerprint density at radius 1 is 0.786 bits per heavy atom. The molecule has 0 aliphatic heterocycles. The predicted molar refractivity (Wildman–Crippen MR) is 60.1 cm³/mol. The summed E-state index contributed by atoms with van der Waals surface area (Å²) < 4.78 is 0. The second-order valence-electron chi connectivity index (χ2n) is 2.58. The average Bonchev–Trinajstić information content (AvgIpc) is 2.86. The molecule has 0 radical (unpaired) electrons. The highest BCUT2D eigenvalue weighted by atomic mass is 32.1. The van der Waals surface area contributed by atoms with Crippen molar-refractivity contribution in [1.29, 1.82) is 0 Å². The van der Waals surface area contributed by atoms with Gasteiger partial charge in [0.25, 0.3) is 0 Å². The standard InChI is InChI=1S/C12H4S2/c1-3-9-5-7-11(13-9)12-8-6-10(4-2)14-12/h5-8H/q-2. The second kappa shape index (κ2) is 3.72. The summed E-state index contributed by atoms with van der Waals surface area (Å²) in [5.74, 6) is 4.72. The van der Waals surface area contributed by atoms with Crippen LogP contribution in [0.3, 0.4) is 0 Å². The largest absolute Gasteiger partial charge is 0.365 e. The third-order valence-corrected chi connectivity index (χ3v) is 3.90. The van der Waals surface area contributed by atoms with Crippen LogP contribution in [0.1, 0.15) is 9.75 Å². The second-order valence-corrected chi connectivity index (χ2v) is 4.75. The van der Waals surface area contributed by atoms with Gasteiger partial charge in [-0.3, -0.25) is 11.8 Å². The highest BCUT2D eigenvalue weighted by Gasteiger charge is 1.97. The molecule has 2 heterocycles. The maximum Gasteiger partial charge on any atom is 0.0238 e. The molecule has 0 aromatic carbocycles. The van der Waals surface area contributed by atoms with Crippen LogP contribution in [0.4, 0.5) is 0 Å². The first-order valence-corrected chi connectivity index (χ1v) is 5.52. The van der Waals surface area contributed by atoms with Crippen molar-refractivity contribution in [2.45, 2.75) is 0 Å². The molecule has 0 nitrogen and oxygen atoms in total. The molecule has 0 unspecified atom stereocenters. The summed E-state index contributed by atoms with van der Waals surface area (Å²) in [5, 5.41) is 0. The number of thiophene rings is 2. The zero-order valence-electron chi connectivity index (χ0n) is 7.13. The average molecular weight is 212 g/mol. The Morgan fingerprint density at radius 2 is 1.21 bits per heavy atom. The fraction of sp³-hybridized carbons (Fsp3) is 0. The van der Waals surface area contributed by atoms with Crippen molar-refractivity contribution in [3.05, 3.63) is 46.9 Å². The quantitative estimate of drug-likeness (QED) is 0.502. The molecule has 0 aliphatic carbocycles. The number of rotatable bonds is 1. The monoisotopic (exact) mass is 212 g/mol. The summed E-state index contributed by atoms with van der Waals surface area (Å²) in [5.41, 5.74) is 0. The van der Waals surface area contributed by atoms with E-state index in [1.165, 1.54) is 22.7 Å². The van der Waals surface area contributed by atoms with Crippen molar-refractivity contribution < 1.29 is 0 Å². The van der Waals surface area contributed by atoms with E-state index in [4.69, 9.17) is 12.8 Å². The lowest BCUT2D eigenvalue weighted by molar-refractivity contribution is 1.89. The van der Waals surface area contributed by atoms with Crippen molar-refractivity contribution in [3.63, 3.8) is 0 Å². The normalized spacial score (nSPS) is 9.29. The third-order valence-electron chi connectivity index (χ3n) is 1.70. The van der Waals surface area contributed by atoms with Gasteiger partial charge in [-0.1, -0.05) is 21.9 Å². The van der Waals surface area contributed by atoms with Gasteiger partial charge < -0.3 is 12.8 Å². The van der Waals surface area contributed by atoms with E-state index in [0.717, 1.165) is 19.5 Å². The molecular weight excluding hydrogens is 208 g/mol. The van der Waals surface area contributed by atoms with E-state index >= 15 is 0 Å². The van der Waals surface area contributed by atoms with Gasteiger partial charge in [0.05, 0.1) is 0 Å². The maximum absolute atomic E-state index is 6.98. The molecule has 2 heteroatoms. The van der Waals surface area contributed by atoms with E-state index in [0.29, 0.717) is 0 Å². The van der Waals surface area contributed by atoms with Gasteiger partial charge in [-0.25, -0.2) is 22.7 Å². The minimum Gasteiger partial charge on any atom is -0.365 e. The third kappa shape index (κ3) is 1.59. The lowest BCUT2D eigenvalue weighted by Gasteiger charge is -1.93. The molecule has 0 atom stereocenters. The molecule has 2 aromatic rings. The van der Waals surface area contributed by atoms with Gasteiger partial charge in [0.15, 0.2) is 0 Å². The Kier molecular flexibility index (Phi) is 2.41. The smallest absolute Gasteiger partial charge is 0.0238 e.